The van der Waals surface area contributed by atoms with Crippen LogP contribution in [0.3, 0.4) is 0 Å². The summed E-state index contributed by atoms with van der Waals surface area (Å²) in [5.74, 6) is -0.458. The molecule has 5 aromatic rings. The van der Waals surface area contributed by atoms with Crippen molar-refractivity contribution in [2.24, 2.45) is 14.1 Å². The molecule has 0 aromatic carbocycles. The van der Waals surface area contributed by atoms with Crippen LogP contribution in [0.5, 0.6) is 0 Å². The Kier molecular flexibility index (Phi) is 6.11. The molecule has 39 heavy (non-hydrogen) atoms. The molecule has 2 N–H and O–H groups in total. The number of pyridine rings is 2. The second-order valence-corrected chi connectivity index (χ2v) is 9.63. The Labute approximate surface area is 223 Å². The predicted molar refractivity (Wildman–Crippen MR) is 143 cm³/mol. The Bertz CT molecular complexity index is 1710. The number of hydrogen-bond acceptors (Lipinski definition) is 8. The highest BCUT2D eigenvalue weighted by Gasteiger charge is 2.22. The Balaban J connectivity index is 1.13. The molecular formula is C26H27N11O2. The van der Waals surface area contributed by atoms with Crippen LogP contribution in [0.15, 0.2) is 49.2 Å². The highest BCUT2D eigenvalue weighted by atomic mass is 16.2. The normalized spacial score (nSPS) is 13.4. The summed E-state index contributed by atoms with van der Waals surface area (Å²) < 4.78 is 5.23. The van der Waals surface area contributed by atoms with Crippen molar-refractivity contribution >= 4 is 28.8 Å². The summed E-state index contributed by atoms with van der Waals surface area (Å²) in [6.45, 7) is 3.49. The Morgan fingerprint density at radius 1 is 1.03 bits per heavy atom. The van der Waals surface area contributed by atoms with Crippen LogP contribution in [0.25, 0.3) is 16.8 Å². The van der Waals surface area contributed by atoms with Crippen LogP contribution in [0.4, 0.5) is 11.4 Å². The fraction of sp³-hybridized carbons (Fsp3) is 0.269. The highest BCUT2D eigenvalue weighted by molar-refractivity contribution is 6.03. The first kappa shape index (κ1) is 24.4. The van der Waals surface area contributed by atoms with Crippen LogP contribution in [0, 0.1) is 6.92 Å². The van der Waals surface area contributed by atoms with Gasteiger partial charge in [-0.2, -0.15) is 10.2 Å². The lowest BCUT2D eigenvalue weighted by Crippen LogP contribution is -2.37. The zero-order valence-electron chi connectivity index (χ0n) is 21.8. The van der Waals surface area contributed by atoms with Gasteiger partial charge in [0, 0.05) is 62.8 Å². The summed E-state index contributed by atoms with van der Waals surface area (Å²) in [7, 11) is 3.79. The highest BCUT2D eigenvalue weighted by Crippen LogP contribution is 2.22. The van der Waals surface area contributed by atoms with Gasteiger partial charge >= 0.3 is 0 Å². The number of nitrogens with zero attached hydrogens (tertiary/aromatic N) is 9. The van der Waals surface area contributed by atoms with Gasteiger partial charge in [0.15, 0.2) is 5.65 Å². The van der Waals surface area contributed by atoms with Crippen molar-refractivity contribution in [1.82, 2.24) is 44.0 Å². The lowest BCUT2D eigenvalue weighted by molar-refractivity contribution is -0.117. The summed E-state index contributed by atoms with van der Waals surface area (Å²) in [6.07, 6.45) is 9.70. The summed E-state index contributed by atoms with van der Waals surface area (Å²) >= 11 is 0. The van der Waals surface area contributed by atoms with Gasteiger partial charge in [-0.1, -0.05) is 0 Å². The number of fused-ring (bicyclic) bond motifs is 2. The summed E-state index contributed by atoms with van der Waals surface area (Å²) in [5, 5.41) is 22.5. The van der Waals surface area contributed by atoms with Gasteiger partial charge in [0.2, 0.25) is 11.7 Å². The molecule has 198 valence electrons. The second-order valence-electron chi connectivity index (χ2n) is 9.63. The number of carbonyl (C=O) groups excluding carboxylic acids is 2. The first-order valence-corrected chi connectivity index (χ1v) is 12.5. The van der Waals surface area contributed by atoms with E-state index >= 15 is 0 Å². The summed E-state index contributed by atoms with van der Waals surface area (Å²) in [6, 6.07) is 5.42. The van der Waals surface area contributed by atoms with Crippen molar-refractivity contribution in [2.45, 2.75) is 19.9 Å². The van der Waals surface area contributed by atoms with Crippen LogP contribution in [-0.4, -0.2) is 68.9 Å². The van der Waals surface area contributed by atoms with Crippen molar-refractivity contribution in [3.8, 4) is 11.1 Å². The van der Waals surface area contributed by atoms with E-state index in [0.29, 0.717) is 29.3 Å². The Morgan fingerprint density at radius 3 is 2.72 bits per heavy atom. The van der Waals surface area contributed by atoms with E-state index in [1.807, 2.05) is 43.3 Å². The van der Waals surface area contributed by atoms with E-state index in [-0.39, 0.29) is 18.3 Å². The molecule has 0 unspecified atom stereocenters. The number of aryl methyl sites for hydroxylation is 3. The Morgan fingerprint density at radius 2 is 1.90 bits per heavy atom. The number of nitrogens with one attached hydrogen (secondary N) is 2. The minimum Gasteiger partial charge on any atom is -0.324 e. The predicted octanol–water partition coefficient (Wildman–Crippen LogP) is 1.82. The molecule has 1 aliphatic rings. The zero-order valence-corrected chi connectivity index (χ0v) is 21.8. The third-order valence-electron chi connectivity index (χ3n) is 6.84. The molecule has 6 heterocycles. The van der Waals surface area contributed by atoms with Crippen LogP contribution < -0.4 is 10.6 Å². The molecule has 1 aliphatic heterocycles. The smallest absolute Gasteiger partial charge is 0.294 e. The summed E-state index contributed by atoms with van der Waals surface area (Å²) in [5.41, 5.74) is 6.33. The van der Waals surface area contributed by atoms with Gasteiger partial charge in [-0.25, -0.2) is 0 Å². The standard InChI is InChI=1S/C26H27N11O2/c1-16-21(9-20(12-27-16)30-24(38)15-36-6-5-22-19(14-36)11-29-35(22)3)31-26(39)25-33-32-23-8-17(4-7-37(23)25)18-10-28-34(2)13-18/h4,7-13H,5-6,14-15H2,1-3H3,(H,30,38)(H,31,39). The number of anilines is 2. The van der Waals surface area contributed by atoms with Crippen LogP contribution >= 0.6 is 0 Å². The molecule has 0 radical (unpaired) electrons. The maximum absolute atomic E-state index is 13.1. The van der Waals surface area contributed by atoms with Gasteiger partial charge in [-0.3, -0.25) is 33.2 Å². The minimum atomic E-state index is -0.439. The largest absolute Gasteiger partial charge is 0.324 e. The topological polar surface area (TPSA) is 140 Å². The monoisotopic (exact) mass is 525 g/mol. The van der Waals surface area contributed by atoms with Crippen LogP contribution in [0.2, 0.25) is 0 Å². The van der Waals surface area contributed by atoms with Gasteiger partial charge in [-0.05, 0) is 30.7 Å². The fourth-order valence-electron chi connectivity index (χ4n) is 4.79. The molecule has 13 nitrogen and oxygen atoms in total. The molecule has 0 spiro atoms. The molecule has 2 amide bonds. The van der Waals surface area contributed by atoms with Gasteiger partial charge in [0.1, 0.15) is 0 Å². The maximum atomic E-state index is 13.1. The van der Waals surface area contributed by atoms with E-state index in [4.69, 9.17) is 0 Å². The van der Waals surface area contributed by atoms with E-state index in [0.717, 1.165) is 29.7 Å². The average molecular weight is 526 g/mol. The number of rotatable bonds is 6. The lowest BCUT2D eigenvalue weighted by Gasteiger charge is -2.26. The molecule has 6 rings (SSSR count). The van der Waals surface area contributed by atoms with E-state index in [9.17, 15) is 9.59 Å². The summed E-state index contributed by atoms with van der Waals surface area (Å²) in [4.78, 5) is 32.3. The van der Waals surface area contributed by atoms with Gasteiger partial charge in [0.25, 0.3) is 5.91 Å². The molecule has 0 aliphatic carbocycles. The van der Waals surface area contributed by atoms with Crippen molar-refractivity contribution in [3.63, 3.8) is 0 Å². The van der Waals surface area contributed by atoms with Crippen molar-refractivity contribution < 1.29 is 9.59 Å². The lowest BCUT2D eigenvalue weighted by atomic mass is 10.1. The maximum Gasteiger partial charge on any atom is 0.294 e. The average Bonchev–Trinajstić information content (AvgIpc) is 3.64. The van der Waals surface area contributed by atoms with Gasteiger partial charge < -0.3 is 10.6 Å². The number of aromatic nitrogens is 8. The van der Waals surface area contributed by atoms with E-state index in [2.05, 4.69) is 40.9 Å². The van der Waals surface area contributed by atoms with Gasteiger partial charge in [0.05, 0.1) is 42.2 Å². The number of amides is 2. The van der Waals surface area contributed by atoms with Crippen molar-refractivity contribution in [1.29, 1.82) is 0 Å². The molecular weight excluding hydrogens is 498 g/mol. The van der Waals surface area contributed by atoms with Crippen molar-refractivity contribution in [2.75, 3.05) is 23.7 Å². The van der Waals surface area contributed by atoms with Crippen molar-refractivity contribution in [3.05, 3.63) is 72.0 Å². The number of hydrogen-bond donors (Lipinski definition) is 2. The third-order valence-corrected chi connectivity index (χ3v) is 6.84. The van der Waals surface area contributed by atoms with E-state index < -0.39 is 5.91 Å². The van der Waals surface area contributed by atoms with E-state index in [1.54, 1.807) is 40.7 Å². The first-order chi connectivity index (χ1) is 18.8. The first-order valence-electron chi connectivity index (χ1n) is 12.5. The van der Waals surface area contributed by atoms with E-state index in [1.165, 1.54) is 5.69 Å². The molecule has 0 saturated carbocycles. The molecule has 0 bridgehead atoms. The van der Waals surface area contributed by atoms with Crippen LogP contribution in [0.1, 0.15) is 27.6 Å². The number of carbonyl (C=O) groups is 2. The Hall–Kier alpha value is -4.91. The molecule has 13 heteroatoms. The quantitative estimate of drug-likeness (QED) is 0.342. The zero-order chi connectivity index (χ0) is 27.1. The third kappa shape index (κ3) is 4.86. The minimum absolute atomic E-state index is 0.136. The van der Waals surface area contributed by atoms with Crippen LogP contribution in [-0.2, 0) is 31.9 Å². The molecule has 5 aromatic heterocycles. The molecule has 0 atom stereocenters. The molecule has 0 fully saturated rings. The molecule has 0 saturated heterocycles. The SMILES string of the molecule is Cc1ncc(NC(=O)CN2CCc3c(cnn3C)C2)cc1NC(=O)c1nnc2cc(-c3cnn(C)c3)ccn12. The fourth-order valence-corrected chi connectivity index (χ4v) is 4.79. The van der Waals surface area contributed by atoms with Gasteiger partial charge in [-0.15, -0.1) is 10.2 Å². The second kappa shape index (κ2) is 9.76.